The van der Waals surface area contributed by atoms with Crippen molar-refractivity contribution in [2.75, 3.05) is 6.61 Å². The third-order valence-corrected chi connectivity index (χ3v) is 13.4. The first kappa shape index (κ1) is 34.6. The summed E-state index contributed by atoms with van der Waals surface area (Å²) in [5.74, 6) is -4.00. The zero-order valence-corrected chi connectivity index (χ0v) is 30.8. The van der Waals surface area contributed by atoms with Gasteiger partial charge in [-0.3, -0.25) is 0 Å². The summed E-state index contributed by atoms with van der Waals surface area (Å²) in [4.78, 5) is 0. The van der Waals surface area contributed by atoms with Gasteiger partial charge >= 0.3 is 31.1 Å². The number of rotatable bonds is 8. The molecule has 2 fully saturated rings. The molecule has 0 amide bonds. The molecular weight excluding hydrogens is 797 g/mol. The van der Waals surface area contributed by atoms with E-state index in [9.17, 15) is 0 Å². The minimum Gasteiger partial charge on any atom is -0.543 e. The minimum atomic E-state index is -2.92. The van der Waals surface area contributed by atoms with E-state index in [1.165, 1.54) is 6.61 Å². The summed E-state index contributed by atoms with van der Waals surface area (Å²) in [6.07, 6.45) is -1.20. The number of ether oxygens (including phenoxy) is 2. The Morgan fingerprint density at radius 3 is 1.73 bits per heavy atom. The Morgan fingerprint density at radius 1 is 0.818 bits per heavy atom. The monoisotopic (exact) mass is 836 g/mol. The van der Waals surface area contributed by atoms with Crippen molar-refractivity contribution < 1.29 is 53.8 Å². The molecule has 3 nitrogen and oxygen atoms in total. The molecule has 3 atom stereocenters. The molecule has 228 valence electrons. The van der Waals surface area contributed by atoms with Crippen LogP contribution < -0.4 is 10.4 Å². The van der Waals surface area contributed by atoms with Crippen LogP contribution in [0.1, 0.15) is 38.3 Å². The van der Waals surface area contributed by atoms with Crippen molar-refractivity contribution in [3.05, 3.63) is 146 Å². The van der Waals surface area contributed by atoms with Crippen molar-refractivity contribution in [1.82, 2.24) is 0 Å². The molecule has 0 aromatic heterocycles. The Morgan fingerprint density at radius 2 is 1.30 bits per heavy atom. The number of benzene rings is 4. The van der Waals surface area contributed by atoms with Gasteiger partial charge in [0.2, 0.25) is 5.92 Å². The van der Waals surface area contributed by atoms with E-state index >= 15 is 8.78 Å². The maximum absolute atomic E-state index is 15.1. The topological polar surface area (TPSA) is 27.7 Å². The average Bonchev–Trinajstić information content (AvgIpc) is 3.46. The number of fused-ring (bicyclic) bond motifs is 2. The fourth-order valence-electron chi connectivity index (χ4n) is 6.31. The Hall–Kier alpha value is -2.24. The van der Waals surface area contributed by atoms with Gasteiger partial charge in [0.05, 0.1) is 24.9 Å². The van der Waals surface area contributed by atoms with E-state index in [1.54, 1.807) is 0 Å². The second-order valence-corrected chi connectivity index (χ2v) is 16.7. The van der Waals surface area contributed by atoms with Crippen LogP contribution in [0.5, 0.6) is 0 Å². The number of alkyl halides is 2. The van der Waals surface area contributed by atoms with Crippen molar-refractivity contribution >= 4 is 18.7 Å². The fraction of sp³-hybridized carbons (Fsp3) is 0.297. The molecule has 1 saturated carbocycles. The van der Waals surface area contributed by atoms with Crippen LogP contribution in [0, 0.1) is 50.6 Å². The number of hydrogen-bond acceptors (Lipinski definition) is 3. The smallest absolute Gasteiger partial charge is 0.543 e. The fourth-order valence-corrected chi connectivity index (χ4v) is 10.9. The Labute approximate surface area is 285 Å². The maximum Gasteiger partial charge on any atom is 2.00 e. The molecule has 1 saturated heterocycles. The molecule has 1 aliphatic heterocycles. The summed E-state index contributed by atoms with van der Waals surface area (Å²) in [6.45, 7) is 11.8. The van der Waals surface area contributed by atoms with E-state index in [0.717, 1.165) is 21.5 Å². The van der Waals surface area contributed by atoms with Crippen LogP contribution in [0.15, 0.2) is 121 Å². The maximum atomic E-state index is 15.1. The third kappa shape index (κ3) is 7.25. The minimum absolute atomic E-state index is 0. The van der Waals surface area contributed by atoms with Crippen LogP contribution in [0.25, 0.3) is 0 Å². The quantitative estimate of drug-likeness (QED) is 0.135. The average molecular weight is 837 g/mol. The van der Waals surface area contributed by atoms with Crippen LogP contribution >= 0.6 is 0 Å². The van der Waals surface area contributed by atoms with E-state index in [-0.39, 0.29) is 49.4 Å². The van der Waals surface area contributed by atoms with Crippen LogP contribution in [0.2, 0.25) is 5.04 Å². The Kier molecular flexibility index (Phi) is 11.4. The molecule has 1 heterocycles. The molecule has 6 rings (SSSR count). The second-order valence-electron chi connectivity index (χ2n) is 12.4. The van der Waals surface area contributed by atoms with Gasteiger partial charge in [0.1, 0.15) is 0 Å². The van der Waals surface area contributed by atoms with Crippen molar-refractivity contribution in [2.24, 2.45) is 5.92 Å². The summed E-state index contributed by atoms with van der Waals surface area (Å²) < 4.78 is 49.5. The van der Waals surface area contributed by atoms with Crippen LogP contribution in [0.4, 0.5) is 8.78 Å². The van der Waals surface area contributed by atoms with Gasteiger partial charge < -0.3 is 13.9 Å². The summed E-state index contributed by atoms with van der Waals surface area (Å²) in [5.41, 5.74) is 0.772. The molecule has 0 radical (unpaired) electrons. The van der Waals surface area contributed by atoms with Gasteiger partial charge in [-0.05, 0) is 21.0 Å². The summed E-state index contributed by atoms with van der Waals surface area (Å²) in [6, 6.07) is 39.9. The molecular formula is C37H40F2O3SiU. The van der Waals surface area contributed by atoms with Crippen LogP contribution in [0.3, 0.4) is 0 Å². The first-order valence-electron chi connectivity index (χ1n) is 14.7. The normalized spacial score (nSPS) is 22.0. The zero-order valence-electron chi connectivity index (χ0n) is 25.6. The Bertz CT molecular complexity index is 1400. The van der Waals surface area contributed by atoms with Crippen LogP contribution in [-0.4, -0.2) is 32.6 Å². The molecule has 1 aliphatic carbocycles. The molecule has 7 heteroatoms. The van der Waals surface area contributed by atoms with Gasteiger partial charge in [-0.25, -0.2) is 8.78 Å². The van der Waals surface area contributed by atoms with Crippen molar-refractivity contribution in [2.45, 2.75) is 56.5 Å². The van der Waals surface area contributed by atoms with Crippen molar-refractivity contribution in [3.8, 4) is 0 Å². The third-order valence-electron chi connectivity index (χ3n) is 8.38. The molecule has 0 spiro atoms. The van der Waals surface area contributed by atoms with Crippen molar-refractivity contribution in [3.63, 3.8) is 0 Å². The number of hydrogen-bond donors (Lipinski definition) is 0. The standard InChI is InChI=1S/C30H33F2O3Si.C7H7.U/c1-28(2,3)36(24-15-9-5-10-16-24,25-17-11-6-12-18-25)35-22-29-21-30(31,32)26(20-34-29)27(29)33-19-23-13-7-4-8-14-23;1-7-5-3-2-4-6-7;/h4-18,20,26-27H,19,21-22H2,1-3H3;2-6H,1H2;/q2*-1;+2/t26-,27-,29+;;/m1../s1. The van der Waals surface area contributed by atoms with Gasteiger partial charge in [-0.15, -0.1) is 12.1 Å². The molecule has 4 aromatic carbocycles. The molecule has 0 unspecified atom stereocenters. The van der Waals surface area contributed by atoms with E-state index in [4.69, 9.17) is 13.9 Å². The summed E-state index contributed by atoms with van der Waals surface area (Å²) in [7, 11) is -2.92. The molecule has 0 N–H and O–H groups in total. The van der Waals surface area contributed by atoms with Gasteiger partial charge in [0.15, 0.2) is 0 Å². The van der Waals surface area contributed by atoms with E-state index in [2.05, 4.69) is 52.0 Å². The summed E-state index contributed by atoms with van der Waals surface area (Å²) >= 11 is 0. The van der Waals surface area contributed by atoms with E-state index in [1.807, 2.05) is 97.1 Å². The van der Waals surface area contributed by atoms with Gasteiger partial charge in [-0.2, -0.15) is 31.2 Å². The Balaban J connectivity index is 0.000000488. The second kappa shape index (κ2) is 14.5. The van der Waals surface area contributed by atoms with Gasteiger partial charge in [-0.1, -0.05) is 124 Å². The van der Waals surface area contributed by atoms with Crippen LogP contribution in [-0.2, 0) is 20.5 Å². The first-order valence-corrected chi connectivity index (χ1v) is 16.6. The largest absolute Gasteiger partial charge is 2.00 e. The SMILES string of the molecule is CC(C)(C)[Si](OC[C@]12CC(F)(F)[C@H]([CH-]O1)[C@H]2OCc1ccccc1)(c1ccccc1)c1ccccc1.[CH2-]c1ccccc1.[U+2]. The molecule has 2 aliphatic rings. The predicted octanol–water partition coefficient (Wildman–Crippen LogP) is 7.60. The molecule has 4 aromatic rings. The number of halogens is 2. The van der Waals surface area contributed by atoms with Gasteiger partial charge in [0.25, 0.3) is 8.32 Å². The predicted molar refractivity (Wildman–Crippen MR) is 171 cm³/mol. The zero-order chi connectivity index (χ0) is 30.6. The van der Waals surface area contributed by atoms with Gasteiger partial charge in [0, 0.05) is 6.42 Å². The molecule has 2 bridgehead atoms. The summed E-state index contributed by atoms with van der Waals surface area (Å²) in [5, 5.41) is 1.94. The molecule has 44 heavy (non-hydrogen) atoms. The van der Waals surface area contributed by atoms with E-state index < -0.39 is 38.3 Å². The first-order chi connectivity index (χ1) is 20.6. The van der Waals surface area contributed by atoms with E-state index in [0.29, 0.717) is 0 Å². The van der Waals surface area contributed by atoms with Crippen molar-refractivity contribution in [1.29, 1.82) is 0 Å².